The molecule has 5 aromatic rings. The Balaban J connectivity index is 1.23. The van der Waals surface area contributed by atoms with Crippen molar-refractivity contribution in [3.8, 4) is 0 Å². The van der Waals surface area contributed by atoms with Gasteiger partial charge in [0.25, 0.3) is 0 Å². The van der Waals surface area contributed by atoms with Crippen LogP contribution in [0.5, 0.6) is 0 Å². The molecule has 0 aliphatic carbocycles. The summed E-state index contributed by atoms with van der Waals surface area (Å²) in [6, 6.07) is 50.3. The number of hydrogen-bond donors (Lipinski definition) is 0. The van der Waals surface area contributed by atoms with Gasteiger partial charge in [0.2, 0.25) is 0 Å². The summed E-state index contributed by atoms with van der Waals surface area (Å²) in [5, 5.41) is 0. The molecule has 13 heteroatoms. The van der Waals surface area contributed by atoms with Gasteiger partial charge in [0.05, 0.1) is 52.4 Å². The molecule has 11 unspecified atom stereocenters. The Bertz CT molecular complexity index is 2020. The van der Waals surface area contributed by atoms with Gasteiger partial charge in [-0.1, -0.05) is 165 Å². The number of hydrogen-bond acceptors (Lipinski definition) is 11. The minimum Gasteiger partial charge on any atom is -0.424 e. The normalized spacial score (nSPS) is 25.6. The van der Waals surface area contributed by atoms with Crippen LogP contribution in [0.3, 0.4) is 0 Å². The predicted molar refractivity (Wildman–Crippen MR) is 253 cm³/mol. The number of benzene rings is 5. The van der Waals surface area contributed by atoms with E-state index in [1.807, 2.05) is 158 Å². The monoisotopic (exact) mass is 906 g/mol. The van der Waals surface area contributed by atoms with E-state index in [1.54, 1.807) is 7.11 Å². The molecule has 346 valence electrons. The first kappa shape index (κ1) is 49.1. The third-order valence-electron chi connectivity index (χ3n) is 11.2. The van der Waals surface area contributed by atoms with E-state index in [0.29, 0.717) is 26.4 Å². The van der Waals surface area contributed by atoms with E-state index in [4.69, 9.17) is 52.0 Å². The smallest absolute Gasteiger partial charge is 0.312 e. The van der Waals surface area contributed by atoms with Gasteiger partial charge in [-0.05, 0) is 34.2 Å². The lowest BCUT2D eigenvalue weighted by Gasteiger charge is -2.50. The average Bonchev–Trinajstić information content (AvgIpc) is 3.34. The summed E-state index contributed by atoms with van der Waals surface area (Å²) in [7, 11) is 4.33. The quantitative estimate of drug-likeness (QED) is 0.0415. The van der Waals surface area contributed by atoms with Crippen molar-refractivity contribution < 1.29 is 52.0 Å². The highest BCUT2D eigenvalue weighted by molar-refractivity contribution is 7.60. The fourth-order valence-electron chi connectivity index (χ4n) is 8.08. The van der Waals surface area contributed by atoms with Gasteiger partial charge in [-0.2, -0.15) is 0 Å². The highest BCUT2D eigenvalue weighted by Gasteiger charge is 2.54. The fourth-order valence-corrected chi connectivity index (χ4v) is 8.26. The lowest BCUT2D eigenvalue weighted by molar-refractivity contribution is -0.377. The van der Waals surface area contributed by atoms with Gasteiger partial charge < -0.3 is 52.0 Å². The fraction of sp³-hybridized carbons (Fsp3) is 0.423. The third-order valence-corrected chi connectivity index (χ3v) is 11.4. The summed E-state index contributed by atoms with van der Waals surface area (Å²) in [6.07, 6.45) is -6.68. The van der Waals surface area contributed by atoms with Crippen LogP contribution in [0, 0.1) is 0 Å². The molecule has 7 rings (SSSR count). The maximum atomic E-state index is 7.23. The second kappa shape index (κ2) is 26.5. The first-order valence-electron chi connectivity index (χ1n) is 22.7. The van der Waals surface area contributed by atoms with E-state index in [9.17, 15) is 0 Å². The summed E-state index contributed by atoms with van der Waals surface area (Å²) >= 11 is 0. The van der Waals surface area contributed by atoms with Crippen LogP contribution >= 0.6 is 9.12 Å². The van der Waals surface area contributed by atoms with Crippen LogP contribution in [0.4, 0.5) is 0 Å². The third kappa shape index (κ3) is 14.8. The van der Waals surface area contributed by atoms with Crippen molar-refractivity contribution in [3.63, 3.8) is 0 Å². The molecular formula is C52H64BO11P. The van der Waals surface area contributed by atoms with E-state index >= 15 is 0 Å². The highest BCUT2D eigenvalue weighted by atomic mass is 31.0. The molecule has 11 nitrogen and oxygen atoms in total. The highest BCUT2D eigenvalue weighted by Crippen LogP contribution is 2.36. The van der Waals surface area contributed by atoms with Crippen molar-refractivity contribution in [1.82, 2.24) is 0 Å². The van der Waals surface area contributed by atoms with E-state index < -0.39 is 61.4 Å². The van der Waals surface area contributed by atoms with Gasteiger partial charge >= 0.3 is 6.64 Å². The molecular weight excluding hydrogens is 842 g/mol. The van der Waals surface area contributed by atoms with Crippen molar-refractivity contribution >= 4 is 15.8 Å². The summed E-state index contributed by atoms with van der Waals surface area (Å²) in [4.78, 5) is 0. The Morgan fingerprint density at radius 3 is 1.28 bits per heavy atom. The predicted octanol–water partition coefficient (Wildman–Crippen LogP) is 8.83. The Morgan fingerprint density at radius 2 is 0.846 bits per heavy atom. The van der Waals surface area contributed by atoms with Crippen LogP contribution in [0.15, 0.2) is 152 Å². The lowest BCUT2D eigenvalue weighted by atomic mass is 9.94. The van der Waals surface area contributed by atoms with Gasteiger partial charge in [0.15, 0.2) is 12.6 Å². The van der Waals surface area contributed by atoms with Gasteiger partial charge in [0.1, 0.15) is 42.7 Å². The SMILES string of the molecule is CCCOC1C(OB(C)P)C(COCc2ccccc2)OC(OC)C1OC1OC(COCc2ccccc2)C(OCc2ccccc2)C(OCc2ccccc2)C1OCc1ccccc1. The molecule has 2 fully saturated rings. The molecule has 5 aromatic carbocycles. The molecule has 0 spiro atoms. The van der Waals surface area contributed by atoms with Crippen LogP contribution < -0.4 is 0 Å². The number of rotatable bonds is 25. The zero-order valence-corrected chi connectivity index (χ0v) is 38.9. The first-order valence-corrected chi connectivity index (χ1v) is 23.4. The zero-order chi connectivity index (χ0) is 45.1. The molecule has 0 radical (unpaired) electrons. The van der Waals surface area contributed by atoms with Gasteiger partial charge in [0, 0.05) is 13.7 Å². The molecule has 65 heavy (non-hydrogen) atoms. The van der Waals surface area contributed by atoms with Crippen molar-refractivity contribution in [2.24, 2.45) is 0 Å². The van der Waals surface area contributed by atoms with E-state index in [1.165, 1.54) is 0 Å². The van der Waals surface area contributed by atoms with Gasteiger partial charge in [-0.25, -0.2) is 0 Å². The van der Waals surface area contributed by atoms with Crippen LogP contribution in [-0.2, 0) is 85.1 Å². The largest absolute Gasteiger partial charge is 0.424 e. The van der Waals surface area contributed by atoms with Gasteiger partial charge in [-0.15, -0.1) is 9.12 Å². The van der Waals surface area contributed by atoms with Crippen LogP contribution in [0.2, 0.25) is 6.82 Å². The lowest BCUT2D eigenvalue weighted by Crippen LogP contribution is -2.66. The molecule has 0 N–H and O–H groups in total. The Labute approximate surface area is 387 Å². The molecule has 0 aromatic heterocycles. The maximum absolute atomic E-state index is 7.23. The first-order chi connectivity index (χ1) is 32.0. The number of ether oxygens (including phenoxy) is 10. The zero-order valence-electron chi connectivity index (χ0n) is 37.7. The molecule has 2 heterocycles. The topological polar surface area (TPSA) is 102 Å². The van der Waals surface area contributed by atoms with Gasteiger partial charge in [-0.3, -0.25) is 0 Å². The molecule has 0 saturated carbocycles. The van der Waals surface area contributed by atoms with Crippen molar-refractivity contribution in [1.29, 1.82) is 0 Å². The molecule has 2 aliphatic heterocycles. The Hall–Kier alpha value is -3.85. The minimum absolute atomic E-state index is 0.173. The van der Waals surface area contributed by atoms with E-state index in [-0.39, 0.29) is 33.1 Å². The van der Waals surface area contributed by atoms with Crippen molar-refractivity contribution in [2.45, 2.75) is 115 Å². The Kier molecular flexibility index (Phi) is 20.0. The molecule has 0 amide bonds. The summed E-state index contributed by atoms with van der Waals surface area (Å²) in [5.41, 5.74) is 5.07. The van der Waals surface area contributed by atoms with Crippen LogP contribution in [-0.4, -0.2) is 95.0 Å². The second-order valence-electron chi connectivity index (χ2n) is 16.3. The van der Waals surface area contributed by atoms with Crippen molar-refractivity contribution in [2.75, 3.05) is 26.9 Å². The average molecular weight is 907 g/mol. The summed E-state index contributed by atoms with van der Waals surface area (Å²) < 4.78 is 74.1. The summed E-state index contributed by atoms with van der Waals surface area (Å²) in [6.45, 7) is 6.25. The van der Waals surface area contributed by atoms with E-state index in [0.717, 1.165) is 34.2 Å². The van der Waals surface area contributed by atoms with Crippen LogP contribution in [0.1, 0.15) is 41.2 Å². The second-order valence-corrected chi connectivity index (χ2v) is 17.3. The standard InChI is InChI=1S/C52H64BO11P/c1-4-30-57-48-46(64-53(2)65)44(37-56-32-39-22-12-6-13-23-39)61-51(54-3)50(48)63-52-49(60-35-42-28-18-9-19-29-42)47(59-34-41-26-16-8-17-27-41)45(58-33-40-24-14-7-15-25-40)43(62-52)36-55-31-38-20-10-5-11-21-38/h5-29,43-52H,4,30-37,65H2,1-3H3. The molecule has 2 saturated heterocycles. The molecule has 0 bridgehead atoms. The Morgan fingerprint density at radius 1 is 0.462 bits per heavy atom. The molecule has 2 aliphatic rings. The van der Waals surface area contributed by atoms with Crippen LogP contribution in [0.25, 0.3) is 0 Å². The van der Waals surface area contributed by atoms with E-state index in [2.05, 4.69) is 16.0 Å². The van der Waals surface area contributed by atoms with Crippen molar-refractivity contribution in [3.05, 3.63) is 179 Å². The maximum Gasteiger partial charge on any atom is 0.312 e. The molecule has 11 atom stereocenters. The summed E-state index contributed by atoms with van der Waals surface area (Å²) in [5.74, 6) is 0. The minimum atomic E-state index is -1.04. The number of methoxy groups -OCH3 is 1.